The van der Waals surface area contributed by atoms with E-state index in [-0.39, 0.29) is 11.9 Å². The molecule has 1 heterocycles. The van der Waals surface area contributed by atoms with Gasteiger partial charge in [-0.1, -0.05) is 47.6 Å². The summed E-state index contributed by atoms with van der Waals surface area (Å²) in [5.74, 6) is -0.222. The van der Waals surface area contributed by atoms with E-state index in [0.29, 0.717) is 0 Å². The summed E-state index contributed by atoms with van der Waals surface area (Å²) in [6, 6.07) is 8.92. The quantitative estimate of drug-likeness (QED) is 0.354. The van der Waals surface area contributed by atoms with Crippen molar-refractivity contribution in [3.05, 3.63) is 52.4 Å². The lowest BCUT2D eigenvalue weighted by molar-refractivity contribution is -0.129. The number of amides is 1. The zero-order valence-electron chi connectivity index (χ0n) is 8.45. The summed E-state index contributed by atoms with van der Waals surface area (Å²) in [4.78, 5) is 13.7. The molecule has 16 heavy (non-hydrogen) atoms. The Morgan fingerprint density at radius 1 is 1.38 bits per heavy atom. The largest absolute Gasteiger partial charge is 0.349 e. The lowest BCUT2D eigenvalue weighted by Crippen LogP contribution is -2.60. The molecule has 1 aliphatic rings. The van der Waals surface area contributed by atoms with Gasteiger partial charge >= 0.3 is 0 Å². The highest BCUT2D eigenvalue weighted by Gasteiger charge is 2.36. The molecule has 1 aromatic rings. The van der Waals surface area contributed by atoms with Gasteiger partial charge in [-0.2, -0.15) is 0 Å². The van der Waals surface area contributed by atoms with Crippen LogP contribution in [0.25, 0.3) is 16.5 Å². The van der Waals surface area contributed by atoms with Crippen LogP contribution in [-0.2, 0) is 4.79 Å². The summed E-state index contributed by atoms with van der Waals surface area (Å²) < 4.78 is 0. The highest BCUT2D eigenvalue weighted by atomic mass is 16.2. The average Bonchev–Trinajstić information content (AvgIpc) is 2.32. The summed E-state index contributed by atoms with van der Waals surface area (Å²) in [5.41, 5.74) is 9.32. The van der Waals surface area contributed by atoms with Crippen LogP contribution in [0.5, 0.6) is 0 Å². The van der Waals surface area contributed by atoms with Crippen molar-refractivity contribution in [2.45, 2.75) is 12.1 Å². The third-order valence-corrected chi connectivity index (χ3v) is 2.39. The maximum absolute atomic E-state index is 11.0. The van der Waals surface area contributed by atoms with E-state index in [1.807, 2.05) is 42.5 Å². The van der Waals surface area contributed by atoms with Crippen LogP contribution in [0.2, 0.25) is 0 Å². The van der Waals surface area contributed by atoms with Gasteiger partial charge in [0.1, 0.15) is 6.04 Å². The van der Waals surface area contributed by atoms with Crippen molar-refractivity contribution in [2.75, 3.05) is 0 Å². The first-order chi connectivity index (χ1) is 7.81. The number of rotatable bonds is 3. The van der Waals surface area contributed by atoms with E-state index >= 15 is 0 Å². The van der Waals surface area contributed by atoms with Gasteiger partial charge in [0.25, 0.3) is 0 Å². The van der Waals surface area contributed by atoms with Crippen LogP contribution in [0, 0.1) is 0 Å². The minimum absolute atomic E-state index is 0.191. The maximum Gasteiger partial charge on any atom is 0.231 e. The van der Waals surface area contributed by atoms with E-state index in [2.05, 4.69) is 15.3 Å². The number of hydrogen-bond donors (Lipinski definition) is 1. The van der Waals surface area contributed by atoms with Crippen molar-refractivity contribution in [3.63, 3.8) is 0 Å². The average molecular weight is 214 g/mol. The lowest BCUT2D eigenvalue weighted by atomic mass is 9.99. The van der Waals surface area contributed by atoms with E-state index in [1.165, 1.54) is 0 Å². The molecule has 80 valence electrons. The van der Waals surface area contributed by atoms with E-state index in [1.54, 1.807) is 0 Å². The van der Waals surface area contributed by atoms with Crippen molar-refractivity contribution in [1.29, 1.82) is 0 Å². The molecule has 0 aromatic heterocycles. The number of β-lactam (4-membered cyclic amide) rings is 1. The number of hydrogen-bond acceptors (Lipinski definition) is 2. The summed E-state index contributed by atoms with van der Waals surface area (Å²) in [7, 11) is 0. The van der Waals surface area contributed by atoms with Crippen LogP contribution in [0.1, 0.15) is 5.56 Å². The molecule has 0 spiro atoms. The van der Waals surface area contributed by atoms with Gasteiger partial charge in [-0.05, 0) is 11.1 Å². The normalized spacial score (nSPS) is 23.4. The standard InChI is InChI=1S/C11H10N4O/c12-15-14-10-9(13-11(10)16)7-6-8-4-2-1-3-5-8/h1-7,9-10H,(H,13,16)/t9-,10+/m0/s1. The van der Waals surface area contributed by atoms with Crippen LogP contribution in [-0.4, -0.2) is 18.0 Å². The Labute approximate surface area is 92.4 Å². The minimum atomic E-state index is -0.607. The van der Waals surface area contributed by atoms with Gasteiger partial charge in [-0.15, -0.1) is 0 Å². The Morgan fingerprint density at radius 3 is 2.75 bits per heavy atom. The molecule has 1 aromatic carbocycles. The molecular weight excluding hydrogens is 204 g/mol. The molecule has 2 atom stereocenters. The molecule has 1 aliphatic heterocycles. The second-order valence-corrected chi connectivity index (χ2v) is 3.45. The predicted molar refractivity (Wildman–Crippen MR) is 60.3 cm³/mol. The molecule has 1 fully saturated rings. The predicted octanol–water partition coefficient (Wildman–Crippen LogP) is 1.88. The lowest BCUT2D eigenvalue weighted by Gasteiger charge is -2.31. The summed E-state index contributed by atoms with van der Waals surface area (Å²) in [6.45, 7) is 0. The first-order valence-electron chi connectivity index (χ1n) is 4.89. The first-order valence-corrected chi connectivity index (χ1v) is 4.89. The zero-order chi connectivity index (χ0) is 11.4. The van der Waals surface area contributed by atoms with Crippen molar-refractivity contribution in [2.24, 2.45) is 5.11 Å². The molecule has 0 radical (unpaired) electrons. The van der Waals surface area contributed by atoms with Crippen LogP contribution >= 0.6 is 0 Å². The molecule has 1 N–H and O–H groups in total. The van der Waals surface area contributed by atoms with Gasteiger partial charge in [-0.3, -0.25) is 4.79 Å². The van der Waals surface area contributed by atoms with Crippen LogP contribution in [0.15, 0.2) is 41.5 Å². The van der Waals surface area contributed by atoms with Crippen molar-refractivity contribution in [3.8, 4) is 0 Å². The van der Waals surface area contributed by atoms with Gasteiger partial charge in [0.15, 0.2) is 0 Å². The molecule has 0 unspecified atom stereocenters. The number of nitrogens with zero attached hydrogens (tertiary/aromatic N) is 3. The topological polar surface area (TPSA) is 77.9 Å². The third-order valence-electron chi connectivity index (χ3n) is 2.39. The van der Waals surface area contributed by atoms with E-state index in [4.69, 9.17) is 5.53 Å². The van der Waals surface area contributed by atoms with E-state index in [0.717, 1.165) is 5.56 Å². The Bertz CT molecular complexity index is 460. The number of benzene rings is 1. The number of nitrogens with one attached hydrogen (secondary N) is 1. The molecule has 1 saturated heterocycles. The summed E-state index contributed by atoms with van der Waals surface area (Å²) in [5, 5.41) is 6.08. The van der Waals surface area contributed by atoms with Gasteiger partial charge in [0.05, 0.1) is 6.04 Å². The SMILES string of the molecule is [N-]=[N+]=N[C@H]1C(=O)N[C@H]1C=Cc1ccccc1. The molecule has 0 bridgehead atoms. The molecule has 2 rings (SSSR count). The zero-order valence-corrected chi connectivity index (χ0v) is 8.45. The Kier molecular flexibility index (Phi) is 2.89. The maximum atomic E-state index is 11.0. The Balaban J connectivity index is 2.03. The van der Waals surface area contributed by atoms with Crippen LogP contribution < -0.4 is 5.32 Å². The van der Waals surface area contributed by atoms with Crippen molar-refractivity contribution in [1.82, 2.24) is 5.32 Å². The number of carbonyl (C=O) groups is 1. The summed E-state index contributed by atoms with van der Waals surface area (Å²) in [6.07, 6.45) is 3.72. The summed E-state index contributed by atoms with van der Waals surface area (Å²) >= 11 is 0. The van der Waals surface area contributed by atoms with E-state index < -0.39 is 6.04 Å². The number of carbonyl (C=O) groups excluding carboxylic acids is 1. The second kappa shape index (κ2) is 4.51. The van der Waals surface area contributed by atoms with Crippen molar-refractivity contribution < 1.29 is 4.79 Å². The van der Waals surface area contributed by atoms with E-state index in [9.17, 15) is 4.79 Å². The Hall–Kier alpha value is -2.26. The van der Waals surface area contributed by atoms with Crippen LogP contribution in [0.3, 0.4) is 0 Å². The van der Waals surface area contributed by atoms with Gasteiger partial charge in [-0.25, -0.2) is 0 Å². The fourth-order valence-electron chi connectivity index (χ4n) is 1.51. The monoisotopic (exact) mass is 214 g/mol. The highest BCUT2D eigenvalue weighted by Crippen LogP contribution is 2.14. The molecule has 5 heteroatoms. The van der Waals surface area contributed by atoms with Gasteiger partial charge in [0.2, 0.25) is 5.91 Å². The van der Waals surface area contributed by atoms with Crippen molar-refractivity contribution >= 4 is 12.0 Å². The third kappa shape index (κ3) is 2.04. The smallest absolute Gasteiger partial charge is 0.231 e. The molecule has 1 amide bonds. The van der Waals surface area contributed by atoms with Crippen LogP contribution in [0.4, 0.5) is 0 Å². The molecular formula is C11H10N4O. The second-order valence-electron chi connectivity index (χ2n) is 3.45. The molecule has 0 saturated carbocycles. The fraction of sp³-hybridized carbons (Fsp3) is 0.182. The molecule has 0 aliphatic carbocycles. The Morgan fingerprint density at radius 2 is 2.12 bits per heavy atom. The number of azide groups is 1. The highest BCUT2D eigenvalue weighted by molar-refractivity contribution is 5.90. The van der Waals surface area contributed by atoms with Gasteiger partial charge < -0.3 is 5.32 Å². The minimum Gasteiger partial charge on any atom is -0.349 e. The fourth-order valence-corrected chi connectivity index (χ4v) is 1.51. The molecule has 5 nitrogen and oxygen atoms in total. The van der Waals surface area contributed by atoms with Gasteiger partial charge in [0, 0.05) is 4.91 Å². The first kappa shape index (κ1) is 10.3.